The van der Waals surface area contributed by atoms with Crippen LogP contribution in [-0.4, -0.2) is 0 Å². The molecule has 0 nitrogen and oxygen atoms in total. The van der Waals surface area contributed by atoms with Gasteiger partial charge in [-0.15, -0.1) is 11.3 Å². The van der Waals surface area contributed by atoms with Crippen LogP contribution in [0.5, 0.6) is 0 Å². The van der Waals surface area contributed by atoms with Gasteiger partial charge in [0.1, 0.15) is 0 Å². The van der Waals surface area contributed by atoms with Crippen molar-refractivity contribution < 1.29 is 0 Å². The maximum Gasteiger partial charge on any atom is 0.0446 e. The molecule has 0 saturated heterocycles. The monoisotopic (exact) mass is 248 g/mol. The van der Waals surface area contributed by atoms with E-state index in [0.29, 0.717) is 5.92 Å². The van der Waals surface area contributed by atoms with Crippen molar-refractivity contribution in [3.63, 3.8) is 0 Å². The Morgan fingerprint density at radius 1 is 0.667 bits per heavy atom. The van der Waals surface area contributed by atoms with Gasteiger partial charge in [-0.3, -0.25) is 0 Å². The summed E-state index contributed by atoms with van der Waals surface area (Å²) in [4.78, 5) is 1.44. The molecule has 0 atom stereocenters. The maximum atomic E-state index is 2.26. The van der Waals surface area contributed by atoms with Crippen molar-refractivity contribution in [2.24, 2.45) is 0 Å². The van der Waals surface area contributed by atoms with Gasteiger partial charge in [0.2, 0.25) is 0 Å². The molecule has 1 heteroatoms. The Morgan fingerprint density at radius 3 is 1.83 bits per heavy atom. The molecule has 1 aliphatic rings. The summed E-state index contributed by atoms with van der Waals surface area (Å²) < 4.78 is 0. The lowest BCUT2D eigenvalue weighted by Crippen LogP contribution is -1.95. The highest BCUT2D eigenvalue weighted by Gasteiger charge is 2.29. The summed E-state index contributed by atoms with van der Waals surface area (Å²) in [7, 11) is 0. The SMILES string of the molecule is c1csc(C2c3ccccc3-c3ccccc32)c1. The van der Waals surface area contributed by atoms with Crippen molar-refractivity contribution in [1.82, 2.24) is 0 Å². The first-order valence-electron chi connectivity index (χ1n) is 6.17. The zero-order chi connectivity index (χ0) is 11.9. The fourth-order valence-corrected chi connectivity index (χ4v) is 3.78. The van der Waals surface area contributed by atoms with Gasteiger partial charge in [-0.1, -0.05) is 54.6 Å². The van der Waals surface area contributed by atoms with Crippen LogP contribution in [0, 0.1) is 0 Å². The predicted molar refractivity (Wildman–Crippen MR) is 77.1 cm³/mol. The zero-order valence-corrected chi connectivity index (χ0v) is 10.7. The largest absolute Gasteiger partial charge is 0.148 e. The summed E-state index contributed by atoms with van der Waals surface area (Å²) in [6, 6.07) is 21.9. The van der Waals surface area contributed by atoms with Crippen LogP contribution < -0.4 is 0 Å². The molecular weight excluding hydrogens is 236 g/mol. The molecule has 1 heterocycles. The lowest BCUT2D eigenvalue weighted by atomic mass is 9.95. The molecule has 0 saturated carbocycles. The molecule has 0 bridgehead atoms. The minimum absolute atomic E-state index is 0.428. The van der Waals surface area contributed by atoms with Gasteiger partial charge in [0.25, 0.3) is 0 Å². The van der Waals surface area contributed by atoms with Gasteiger partial charge in [0, 0.05) is 10.8 Å². The number of benzene rings is 2. The van der Waals surface area contributed by atoms with Crippen molar-refractivity contribution in [1.29, 1.82) is 0 Å². The molecule has 2 aromatic carbocycles. The highest BCUT2D eigenvalue weighted by molar-refractivity contribution is 7.10. The number of rotatable bonds is 1. The highest BCUT2D eigenvalue weighted by atomic mass is 32.1. The molecular formula is C17H12S. The summed E-state index contributed by atoms with van der Waals surface area (Å²) >= 11 is 1.85. The van der Waals surface area contributed by atoms with Crippen molar-refractivity contribution in [3.8, 4) is 11.1 Å². The fourth-order valence-electron chi connectivity index (χ4n) is 2.92. The van der Waals surface area contributed by atoms with E-state index in [0.717, 1.165) is 0 Å². The second-order valence-electron chi connectivity index (χ2n) is 4.62. The topological polar surface area (TPSA) is 0 Å². The first kappa shape index (κ1) is 10.1. The Kier molecular flexibility index (Phi) is 2.14. The Bertz CT molecular complexity index is 650. The van der Waals surface area contributed by atoms with Crippen molar-refractivity contribution in [3.05, 3.63) is 82.0 Å². The minimum Gasteiger partial charge on any atom is -0.148 e. The lowest BCUT2D eigenvalue weighted by molar-refractivity contribution is 1.05. The van der Waals surface area contributed by atoms with Gasteiger partial charge in [0.05, 0.1) is 0 Å². The van der Waals surface area contributed by atoms with E-state index in [-0.39, 0.29) is 0 Å². The van der Waals surface area contributed by atoms with E-state index < -0.39 is 0 Å². The van der Waals surface area contributed by atoms with Crippen LogP contribution in [0.25, 0.3) is 11.1 Å². The van der Waals surface area contributed by atoms with Crippen LogP contribution in [0.1, 0.15) is 21.9 Å². The Balaban J connectivity index is 2.04. The van der Waals surface area contributed by atoms with E-state index in [1.807, 2.05) is 11.3 Å². The number of fused-ring (bicyclic) bond motifs is 3. The average Bonchev–Trinajstić information content (AvgIpc) is 3.03. The third-order valence-corrected chi connectivity index (χ3v) is 4.60. The minimum atomic E-state index is 0.428. The van der Waals surface area contributed by atoms with Crippen LogP contribution >= 0.6 is 11.3 Å². The lowest BCUT2D eigenvalue weighted by Gasteiger charge is -2.11. The molecule has 0 unspecified atom stereocenters. The first-order valence-corrected chi connectivity index (χ1v) is 7.05. The van der Waals surface area contributed by atoms with Gasteiger partial charge in [-0.25, -0.2) is 0 Å². The summed E-state index contributed by atoms with van der Waals surface area (Å²) in [5.41, 5.74) is 5.68. The quantitative estimate of drug-likeness (QED) is 0.449. The molecule has 0 fully saturated rings. The van der Waals surface area contributed by atoms with Gasteiger partial charge in [-0.2, -0.15) is 0 Å². The van der Waals surface area contributed by atoms with Gasteiger partial charge in [-0.05, 0) is 33.7 Å². The third-order valence-electron chi connectivity index (χ3n) is 3.66. The van der Waals surface area contributed by atoms with Crippen LogP contribution in [-0.2, 0) is 0 Å². The third kappa shape index (κ3) is 1.31. The van der Waals surface area contributed by atoms with Gasteiger partial charge in [0.15, 0.2) is 0 Å². The number of thiophene rings is 1. The molecule has 0 amide bonds. The Morgan fingerprint density at radius 2 is 1.28 bits per heavy atom. The van der Waals surface area contributed by atoms with E-state index in [4.69, 9.17) is 0 Å². The van der Waals surface area contributed by atoms with Gasteiger partial charge < -0.3 is 0 Å². The van der Waals surface area contributed by atoms with E-state index in [1.54, 1.807) is 0 Å². The first-order chi connectivity index (χ1) is 8.95. The van der Waals surface area contributed by atoms with E-state index >= 15 is 0 Å². The smallest absolute Gasteiger partial charge is 0.0446 e. The molecule has 1 aliphatic carbocycles. The highest BCUT2D eigenvalue weighted by Crippen LogP contribution is 2.48. The predicted octanol–water partition coefficient (Wildman–Crippen LogP) is 4.91. The summed E-state index contributed by atoms with van der Waals surface area (Å²) in [6.45, 7) is 0. The second kappa shape index (κ2) is 3.82. The van der Waals surface area contributed by atoms with Crippen molar-refractivity contribution in [2.75, 3.05) is 0 Å². The Labute approximate surface area is 111 Å². The van der Waals surface area contributed by atoms with Gasteiger partial charge >= 0.3 is 0 Å². The van der Waals surface area contributed by atoms with E-state index in [1.165, 1.54) is 27.1 Å². The second-order valence-corrected chi connectivity index (χ2v) is 5.60. The Hall–Kier alpha value is -1.86. The van der Waals surface area contributed by atoms with Crippen LogP contribution in [0.4, 0.5) is 0 Å². The molecule has 3 aromatic rings. The molecule has 0 spiro atoms. The maximum absolute atomic E-state index is 2.26. The number of hydrogen-bond donors (Lipinski definition) is 0. The standard InChI is InChI=1S/C17H12S/c1-3-8-14-12(6-1)13-7-2-4-9-15(13)17(14)16-10-5-11-18-16/h1-11,17H. The summed E-state index contributed by atoms with van der Waals surface area (Å²) in [5, 5.41) is 2.17. The molecule has 1 aromatic heterocycles. The van der Waals surface area contributed by atoms with Crippen LogP contribution in [0.3, 0.4) is 0 Å². The molecule has 0 radical (unpaired) electrons. The van der Waals surface area contributed by atoms with Crippen molar-refractivity contribution >= 4 is 11.3 Å². The zero-order valence-electron chi connectivity index (χ0n) is 9.84. The number of hydrogen-bond acceptors (Lipinski definition) is 1. The summed E-state index contributed by atoms with van der Waals surface area (Å²) in [5.74, 6) is 0.428. The average molecular weight is 248 g/mol. The van der Waals surface area contributed by atoms with E-state index in [9.17, 15) is 0 Å². The van der Waals surface area contributed by atoms with Crippen LogP contribution in [0.15, 0.2) is 66.0 Å². The van der Waals surface area contributed by atoms with Crippen LogP contribution in [0.2, 0.25) is 0 Å². The van der Waals surface area contributed by atoms with Crippen molar-refractivity contribution in [2.45, 2.75) is 5.92 Å². The molecule has 18 heavy (non-hydrogen) atoms. The molecule has 0 aliphatic heterocycles. The normalized spacial score (nSPS) is 13.3. The fraction of sp³-hybridized carbons (Fsp3) is 0.0588. The summed E-state index contributed by atoms with van der Waals surface area (Å²) in [6.07, 6.45) is 0. The molecule has 4 rings (SSSR count). The molecule has 0 N–H and O–H groups in total. The molecule has 86 valence electrons. The van der Waals surface area contributed by atoms with E-state index in [2.05, 4.69) is 66.0 Å².